The van der Waals surface area contributed by atoms with Crippen molar-refractivity contribution >= 4 is 23.4 Å². The van der Waals surface area contributed by atoms with E-state index in [4.69, 9.17) is 0 Å². The second-order valence-electron chi connectivity index (χ2n) is 6.45. The number of nitrogens with zero attached hydrogens (tertiary/aromatic N) is 1. The van der Waals surface area contributed by atoms with Gasteiger partial charge in [0.1, 0.15) is 5.78 Å². The van der Waals surface area contributed by atoms with Gasteiger partial charge in [0.2, 0.25) is 0 Å². The first-order valence-electron chi connectivity index (χ1n) is 7.22. The third-order valence-corrected chi connectivity index (χ3v) is 3.68. The molecule has 0 aromatic heterocycles. The molecule has 0 N–H and O–H groups in total. The lowest BCUT2D eigenvalue weighted by Gasteiger charge is -2.17. The fraction of sp³-hybridized carbons (Fsp3) is 0.412. The first kappa shape index (κ1) is 16.1. The van der Waals surface area contributed by atoms with Gasteiger partial charge >= 0.3 is 0 Å². The van der Waals surface area contributed by atoms with Gasteiger partial charge in [0.15, 0.2) is 5.78 Å². The van der Waals surface area contributed by atoms with Gasteiger partial charge in [-0.2, -0.15) is 0 Å². The summed E-state index contributed by atoms with van der Waals surface area (Å²) < 4.78 is 0. The monoisotopic (exact) mass is 301 g/mol. The highest BCUT2D eigenvalue weighted by Gasteiger charge is 2.36. The zero-order chi connectivity index (χ0) is 16.5. The zero-order valence-electron chi connectivity index (χ0n) is 13.0. The van der Waals surface area contributed by atoms with Crippen molar-refractivity contribution in [1.82, 2.24) is 4.90 Å². The molecule has 0 bridgehead atoms. The van der Waals surface area contributed by atoms with Gasteiger partial charge in [-0.3, -0.25) is 24.1 Å². The van der Waals surface area contributed by atoms with E-state index in [-0.39, 0.29) is 31.0 Å². The van der Waals surface area contributed by atoms with Crippen molar-refractivity contribution < 1.29 is 19.2 Å². The molecule has 2 amide bonds. The second-order valence-corrected chi connectivity index (χ2v) is 6.45. The Morgan fingerprint density at radius 3 is 1.91 bits per heavy atom. The van der Waals surface area contributed by atoms with Crippen LogP contribution in [0.5, 0.6) is 0 Å². The quantitative estimate of drug-likeness (QED) is 0.782. The maximum atomic E-state index is 12.1. The highest BCUT2D eigenvalue weighted by atomic mass is 16.2. The molecule has 0 saturated heterocycles. The summed E-state index contributed by atoms with van der Waals surface area (Å²) in [4.78, 5) is 49.0. The van der Waals surface area contributed by atoms with Crippen LogP contribution in [0.4, 0.5) is 0 Å². The van der Waals surface area contributed by atoms with Crippen LogP contribution < -0.4 is 0 Å². The lowest BCUT2D eigenvalue weighted by atomic mass is 9.88. The first-order chi connectivity index (χ1) is 10.2. The van der Waals surface area contributed by atoms with E-state index in [1.165, 1.54) is 0 Å². The van der Waals surface area contributed by atoms with Crippen LogP contribution >= 0.6 is 0 Å². The SMILES string of the molecule is CC(C)(C)C(=O)CCC(=O)CN1C(=O)c2ccccc2C1=O. The van der Waals surface area contributed by atoms with E-state index < -0.39 is 17.2 Å². The minimum atomic E-state index is -0.490. The molecule has 116 valence electrons. The van der Waals surface area contributed by atoms with Gasteiger partial charge in [-0.25, -0.2) is 0 Å². The summed E-state index contributed by atoms with van der Waals surface area (Å²) in [6, 6.07) is 6.50. The Morgan fingerprint density at radius 1 is 0.955 bits per heavy atom. The van der Waals surface area contributed by atoms with E-state index >= 15 is 0 Å². The van der Waals surface area contributed by atoms with Gasteiger partial charge in [-0.15, -0.1) is 0 Å². The molecular weight excluding hydrogens is 282 g/mol. The molecule has 0 unspecified atom stereocenters. The Kier molecular flexibility index (Phi) is 4.26. The Labute approximate surface area is 129 Å². The lowest BCUT2D eigenvalue weighted by molar-refractivity contribution is -0.129. The number of ketones is 2. The number of hydrogen-bond acceptors (Lipinski definition) is 4. The number of imide groups is 1. The molecule has 1 heterocycles. The maximum Gasteiger partial charge on any atom is 0.261 e. The number of hydrogen-bond donors (Lipinski definition) is 0. The third kappa shape index (κ3) is 3.13. The molecule has 0 fully saturated rings. The molecule has 0 aliphatic carbocycles. The number of fused-ring (bicyclic) bond motifs is 1. The molecule has 5 nitrogen and oxygen atoms in total. The fourth-order valence-electron chi connectivity index (χ4n) is 2.27. The molecule has 1 aromatic carbocycles. The van der Waals surface area contributed by atoms with Gasteiger partial charge < -0.3 is 0 Å². The summed E-state index contributed by atoms with van der Waals surface area (Å²) in [5.74, 6) is -1.19. The van der Waals surface area contributed by atoms with Crippen molar-refractivity contribution in [2.75, 3.05) is 6.54 Å². The summed E-state index contributed by atoms with van der Waals surface area (Å²) in [5, 5.41) is 0. The van der Waals surface area contributed by atoms with E-state index in [0.717, 1.165) is 4.90 Å². The van der Waals surface area contributed by atoms with Crippen molar-refractivity contribution in [3.8, 4) is 0 Å². The topological polar surface area (TPSA) is 71.5 Å². The Balaban J connectivity index is 1.98. The molecule has 1 aliphatic rings. The van der Waals surface area contributed by atoms with E-state index in [2.05, 4.69) is 0 Å². The summed E-state index contributed by atoms with van der Waals surface area (Å²) in [6.07, 6.45) is 0.176. The first-order valence-corrected chi connectivity index (χ1v) is 7.22. The summed E-state index contributed by atoms with van der Waals surface area (Å²) >= 11 is 0. The molecule has 5 heteroatoms. The van der Waals surface area contributed by atoms with Crippen LogP contribution in [0.3, 0.4) is 0 Å². The van der Waals surface area contributed by atoms with Crippen molar-refractivity contribution in [2.24, 2.45) is 5.41 Å². The van der Waals surface area contributed by atoms with Crippen LogP contribution in [0.15, 0.2) is 24.3 Å². The van der Waals surface area contributed by atoms with Crippen LogP contribution in [-0.2, 0) is 9.59 Å². The van der Waals surface area contributed by atoms with Crippen LogP contribution in [0.25, 0.3) is 0 Å². The maximum absolute atomic E-state index is 12.1. The van der Waals surface area contributed by atoms with Crippen molar-refractivity contribution in [2.45, 2.75) is 33.6 Å². The van der Waals surface area contributed by atoms with E-state index in [1.807, 2.05) is 0 Å². The van der Waals surface area contributed by atoms with Crippen LogP contribution in [0, 0.1) is 5.41 Å². The standard InChI is InChI=1S/C17H19NO4/c1-17(2,3)14(20)9-8-11(19)10-18-15(21)12-6-4-5-7-13(12)16(18)22/h4-7H,8-10H2,1-3H3. The van der Waals surface area contributed by atoms with E-state index in [0.29, 0.717) is 11.1 Å². The van der Waals surface area contributed by atoms with Gasteiger partial charge in [0, 0.05) is 18.3 Å². The number of Topliss-reactive ketones (excluding diaryl/α,β-unsaturated/α-hetero) is 2. The van der Waals surface area contributed by atoms with Gasteiger partial charge in [-0.05, 0) is 12.1 Å². The Morgan fingerprint density at radius 2 is 1.45 bits per heavy atom. The predicted octanol–water partition coefficient (Wildman–Crippen LogP) is 2.25. The van der Waals surface area contributed by atoms with Gasteiger partial charge in [0.05, 0.1) is 17.7 Å². The number of amides is 2. The molecule has 0 radical (unpaired) electrons. The predicted molar refractivity (Wildman–Crippen MR) is 80.5 cm³/mol. The molecule has 2 rings (SSSR count). The lowest BCUT2D eigenvalue weighted by Crippen LogP contribution is -2.35. The largest absolute Gasteiger partial charge is 0.299 e. The average molecular weight is 301 g/mol. The third-order valence-electron chi connectivity index (χ3n) is 3.68. The number of carbonyl (C=O) groups is 4. The van der Waals surface area contributed by atoms with E-state index in [1.54, 1.807) is 45.0 Å². The second kappa shape index (κ2) is 5.83. The summed E-state index contributed by atoms with van der Waals surface area (Å²) in [7, 11) is 0. The molecule has 0 atom stereocenters. The van der Waals surface area contributed by atoms with Crippen molar-refractivity contribution in [1.29, 1.82) is 0 Å². The summed E-state index contributed by atoms with van der Waals surface area (Å²) in [6.45, 7) is 5.11. The minimum Gasteiger partial charge on any atom is -0.299 e. The van der Waals surface area contributed by atoms with Crippen LogP contribution in [0.1, 0.15) is 54.3 Å². The Hall–Kier alpha value is -2.30. The van der Waals surface area contributed by atoms with Gasteiger partial charge in [0.25, 0.3) is 11.8 Å². The highest BCUT2D eigenvalue weighted by Crippen LogP contribution is 2.23. The number of benzene rings is 1. The number of rotatable bonds is 5. The van der Waals surface area contributed by atoms with Crippen molar-refractivity contribution in [3.63, 3.8) is 0 Å². The summed E-state index contributed by atoms with van der Waals surface area (Å²) in [5.41, 5.74) is 0.160. The van der Waals surface area contributed by atoms with Gasteiger partial charge in [-0.1, -0.05) is 32.9 Å². The van der Waals surface area contributed by atoms with E-state index in [9.17, 15) is 19.2 Å². The van der Waals surface area contributed by atoms with Crippen LogP contribution in [0.2, 0.25) is 0 Å². The zero-order valence-corrected chi connectivity index (χ0v) is 13.0. The molecule has 0 spiro atoms. The minimum absolute atomic E-state index is 0.0109. The normalized spacial score (nSPS) is 14.2. The molecule has 0 saturated carbocycles. The number of carbonyl (C=O) groups excluding carboxylic acids is 4. The smallest absolute Gasteiger partial charge is 0.261 e. The molecule has 22 heavy (non-hydrogen) atoms. The fourth-order valence-corrected chi connectivity index (χ4v) is 2.27. The van der Waals surface area contributed by atoms with Crippen LogP contribution in [-0.4, -0.2) is 34.8 Å². The Bertz CT molecular complexity index is 620. The molecule has 1 aliphatic heterocycles. The highest BCUT2D eigenvalue weighted by molar-refractivity contribution is 6.22. The average Bonchev–Trinajstić information content (AvgIpc) is 2.69. The molecular formula is C17H19NO4. The van der Waals surface area contributed by atoms with Crippen molar-refractivity contribution in [3.05, 3.63) is 35.4 Å². The molecule has 1 aromatic rings.